The third kappa shape index (κ3) is 3.28. The first-order valence-electron chi connectivity index (χ1n) is 7.34. The Labute approximate surface area is 124 Å². The fourth-order valence-corrected chi connectivity index (χ4v) is 2.38. The van der Waals surface area contributed by atoms with Crippen LogP contribution in [0.1, 0.15) is 37.3 Å². The van der Waals surface area contributed by atoms with Crippen LogP contribution in [0.4, 0.5) is 0 Å². The minimum absolute atomic E-state index is 0.230. The zero-order valence-electron chi connectivity index (χ0n) is 12.4. The lowest BCUT2D eigenvalue weighted by Gasteiger charge is -2.42. The molecule has 3 heterocycles. The van der Waals surface area contributed by atoms with E-state index in [1.165, 1.54) is 0 Å². The van der Waals surface area contributed by atoms with Crippen molar-refractivity contribution in [3.8, 4) is 0 Å². The van der Waals surface area contributed by atoms with Gasteiger partial charge in [-0.15, -0.1) is 0 Å². The van der Waals surface area contributed by atoms with E-state index in [2.05, 4.69) is 33.0 Å². The smallest absolute Gasteiger partial charge is 0.252 e. The summed E-state index contributed by atoms with van der Waals surface area (Å²) in [7, 11) is 0. The average molecular weight is 288 g/mol. The molecule has 0 N–H and O–H groups in total. The molecule has 0 radical (unpaired) electrons. The number of ether oxygens (including phenoxy) is 1. The van der Waals surface area contributed by atoms with Gasteiger partial charge in [0.25, 0.3) is 5.89 Å². The Kier molecular flexibility index (Phi) is 4.26. The highest BCUT2D eigenvalue weighted by Crippen LogP contribution is 2.25. The lowest BCUT2D eigenvalue weighted by Crippen LogP contribution is -2.52. The van der Waals surface area contributed by atoms with Crippen molar-refractivity contribution in [1.82, 2.24) is 20.0 Å². The van der Waals surface area contributed by atoms with Crippen LogP contribution in [0.5, 0.6) is 0 Å². The van der Waals surface area contributed by atoms with Gasteiger partial charge in [0.05, 0.1) is 11.8 Å². The maximum Gasteiger partial charge on any atom is 0.252 e. The standard InChI is InChI=1S/C15H20N4O2/c1-3-14-17-15(21-18-14)10-20-12-8-19(9-12)11(2)13-6-4-5-7-16-13/h4-7,11-12H,3,8-10H2,1-2H3. The van der Waals surface area contributed by atoms with Crippen LogP contribution < -0.4 is 0 Å². The van der Waals surface area contributed by atoms with Crippen LogP contribution in [0, 0.1) is 0 Å². The Morgan fingerprint density at radius 3 is 2.95 bits per heavy atom. The number of nitrogens with zero attached hydrogens (tertiary/aromatic N) is 4. The van der Waals surface area contributed by atoms with Gasteiger partial charge >= 0.3 is 0 Å². The van der Waals surface area contributed by atoms with Gasteiger partial charge in [0.1, 0.15) is 6.61 Å². The van der Waals surface area contributed by atoms with Gasteiger partial charge in [-0.1, -0.05) is 18.1 Å². The molecule has 0 aliphatic carbocycles. The summed E-state index contributed by atoms with van der Waals surface area (Å²) in [6, 6.07) is 6.34. The van der Waals surface area contributed by atoms with Crippen molar-refractivity contribution in [2.24, 2.45) is 0 Å². The summed E-state index contributed by atoms with van der Waals surface area (Å²) in [5, 5.41) is 3.85. The minimum Gasteiger partial charge on any atom is -0.366 e. The van der Waals surface area contributed by atoms with E-state index < -0.39 is 0 Å². The fraction of sp³-hybridized carbons (Fsp3) is 0.533. The van der Waals surface area contributed by atoms with Gasteiger partial charge in [-0.2, -0.15) is 4.98 Å². The van der Waals surface area contributed by atoms with Gasteiger partial charge in [-0.05, 0) is 19.1 Å². The third-order valence-electron chi connectivity index (χ3n) is 3.81. The van der Waals surface area contributed by atoms with Gasteiger partial charge in [0, 0.05) is 31.7 Å². The number of aromatic nitrogens is 3. The van der Waals surface area contributed by atoms with Gasteiger partial charge in [0.2, 0.25) is 0 Å². The van der Waals surface area contributed by atoms with Crippen LogP contribution in [-0.4, -0.2) is 39.2 Å². The van der Waals surface area contributed by atoms with Crippen LogP contribution in [0.3, 0.4) is 0 Å². The SMILES string of the molecule is CCc1noc(COC2CN(C(C)c3ccccn3)C2)n1. The van der Waals surface area contributed by atoms with Gasteiger partial charge in [0.15, 0.2) is 5.82 Å². The normalized spacial score (nSPS) is 17.6. The molecule has 0 spiro atoms. The molecular formula is C15H20N4O2. The fourth-order valence-electron chi connectivity index (χ4n) is 2.38. The summed E-state index contributed by atoms with van der Waals surface area (Å²) in [5.74, 6) is 1.29. The first-order chi connectivity index (χ1) is 10.3. The first-order valence-corrected chi connectivity index (χ1v) is 7.34. The number of pyridine rings is 1. The van der Waals surface area contributed by atoms with Crippen LogP contribution in [0.15, 0.2) is 28.9 Å². The molecular weight excluding hydrogens is 268 g/mol. The molecule has 1 aliphatic heterocycles. The Hall–Kier alpha value is -1.79. The van der Waals surface area contributed by atoms with Crippen molar-refractivity contribution >= 4 is 0 Å². The summed E-state index contributed by atoms with van der Waals surface area (Å²) < 4.78 is 10.9. The Balaban J connectivity index is 1.43. The van der Waals surface area contributed by atoms with Crippen LogP contribution >= 0.6 is 0 Å². The van der Waals surface area contributed by atoms with Crippen molar-refractivity contribution in [2.45, 2.75) is 39.0 Å². The Morgan fingerprint density at radius 1 is 1.43 bits per heavy atom. The maximum atomic E-state index is 5.78. The maximum absolute atomic E-state index is 5.78. The highest BCUT2D eigenvalue weighted by atomic mass is 16.5. The molecule has 2 aromatic rings. The van der Waals surface area contributed by atoms with E-state index in [9.17, 15) is 0 Å². The topological polar surface area (TPSA) is 64.3 Å². The van der Waals surface area contributed by atoms with E-state index in [0.717, 1.165) is 31.0 Å². The van der Waals surface area contributed by atoms with Crippen LogP contribution in [-0.2, 0) is 17.8 Å². The van der Waals surface area contributed by atoms with Crippen molar-refractivity contribution < 1.29 is 9.26 Å². The lowest BCUT2D eigenvalue weighted by molar-refractivity contribution is -0.0833. The monoisotopic (exact) mass is 288 g/mol. The van der Waals surface area contributed by atoms with Crippen LogP contribution in [0.2, 0.25) is 0 Å². The molecule has 1 fully saturated rings. The second-order valence-electron chi connectivity index (χ2n) is 5.28. The second-order valence-corrected chi connectivity index (χ2v) is 5.28. The zero-order chi connectivity index (χ0) is 14.7. The van der Waals surface area contributed by atoms with Crippen molar-refractivity contribution in [1.29, 1.82) is 0 Å². The molecule has 0 saturated carbocycles. The number of likely N-dealkylation sites (tertiary alicyclic amines) is 1. The largest absolute Gasteiger partial charge is 0.366 e. The van der Waals surface area contributed by atoms with E-state index in [-0.39, 0.29) is 6.10 Å². The average Bonchev–Trinajstić information content (AvgIpc) is 2.94. The number of aryl methyl sites for hydroxylation is 1. The molecule has 1 atom stereocenters. The molecule has 1 aliphatic rings. The van der Waals surface area contributed by atoms with Crippen molar-refractivity contribution in [3.05, 3.63) is 41.8 Å². The van der Waals surface area contributed by atoms with E-state index in [4.69, 9.17) is 9.26 Å². The quantitative estimate of drug-likeness (QED) is 0.810. The molecule has 112 valence electrons. The number of hydrogen-bond donors (Lipinski definition) is 0. The molecule has 6 heteroatoms. The van der Waals surface area contributed by atoms with Crippen molar-refractivity contribution in [2.75, 3.05) is 13.1 Å². The molecule has 6 nitrogen and oxygen atoms in total. The van der Waals surface area contributed by atoms with E-state index in [1.807, 2.05) is 25.3 Å². The predicted molar refractivity (Wildman–Crippen MR) is 76.5 cm³/mol. The van der Waals surface area contributed by atoms with E-state index in [1.54, 1.807) is 0 Å². The first kappa shape index (κ1) is 14.2. The summed E-state index contributed by atoms with van der Waals surface area (Å²) in [6.07, 6.45) is 2.84. The number of hydrogen-bond acceptors (Lipinski definition) is 6. The summed E-state index contributed by atoms with van der Waals surface area (Å²) in [4.78, 5) is 11.0. The Morgan fingerprint density at radius 2 is 2.29 bits per heavy atom. The predicted octanol–water partition coefficient (Wildman–Crippen LogP) is 1.99. The van der Waals surface area contributed by atoms with Gasteiger partial charge < -0.3 is 9.26 Å². The molecule has 3 rings (SSSR count). The summed E-state index contributed by atoms with van der Waals surface area (Å²) in [5.41, 5.74) is 1.10. The lowest BCUT2D eigenvalue weighted by atomic mass is 10.1. The Bertz CT molecular complexity index is 566. The molecule has 1 unspecified atom stereocenters. The molecule has 0 amide bonds. The third-order valence-corrected chi connectivity index (χ3v) is 3.81. The molecule has 0 aromatic carbocycles. The summed E-state index contributed by atoms with van der Waals surface area (Å²) in [6.45, 7) is 6.38. The zero-order valence-corrected chi connectivity index (χ0v) is 12.4. The van der Waals surface area contributed by atoms with Gasteiger partial charge in [-0.25, -0.2) is 0 Å². The highest BCUT2D eigenvalue weighted by molar-refractivity contribution is 5.09. The van der Waals surface area contributed by atoms with Gasteiger partial charge in [-0.3, -0.25) is 9.88 Å². The van der Waals surface area contributed by atoms with Crippen molar-refractivity contribution in [3.63, 3.8) is 0 Å². The number of rotatable bonds is 6. The van der Waals surface area contributed by atoms with Crippen LogP contribution in [0.25, 0.3) is 0 Å². The van der Waals surface area contributed by atoms with E-state index in [0.29, 0.717) is 18.5 Å². The minimum atomic E-state index is 0.230. The molecule has 2 aromatic heterocycles. The summed E-state index contributed by atoms with van der Waals surface area (Å²) >= 11 is 0. The molecule has 1 saturated heterocycles. The van der Waals surface area contributed by atoms with E-state index >= 15 is 0 Å². The highest BCUT2D eigenvalue weighted by Gasteiger charge is 2.32. The second kappa shape index (κ2) is 6.32. The molecule has 0 bridgehead atoms. The molecule has 21 heavy (non-hydrogen) atoms.